The second kappa shape index (κ2) is 4.53. The number of carbonyl (C=O) groups excluding carboxylic acids is 2. The first-order chi connectivity index (χ1) is 7.65. The first-order valence-corrected chi connectivity index (χ1v) is 6.15. The lowest BCUT2D eigenvalue weighted by Gasteiger charge is -2.39. The molecule has 0 aromatic heterocycles. The fraction of sp³-hybridized carbons (Fsp3) is 0.833. The Labute approximate surface area is 95.6 Å². The number of hydrogen-bond donors (Lipinski definition) is 1. The molecule has 1 amide bonds. The molecule has 0 spiro atoms. The highest BCUT2D eigenvalue weighted by molar-refractivity contribution is 5.85. The zero-order chi connectivity index (χ0) is 11.7. The van der Waals surface area contributed by atoms with Gasteiger partial charge >= 0.3 is 0 Å². The van der Waals surface area contributed by atoms with Gasteiger partial charge in [0.15, 0.2) is 0 Å². The molecule has 0 saturated carbocycles. The van der Waals surface area contributed by atoms with Crippen molar-refractivity contribution in [2.75, 3.05) is 6.54 Å². The highest BCUT2D eigenvalue weighted by atomic mass is 16.3. The number of amides is 1. The summed E-state index contributed by atoms with van der Waals surface area (Å²) in [6, 6.07) is -0.0321. The minimum Gasteiger partial charge on any atom is -0.392 e. The first-order valence-electron chi connectivity index (χ1n) is 6.15. The van der Waals surface area contributed by atoms with E-state index in [1.165, 1.54) is 0 Å². The Morgan fingerprint density at radius 3 is 2.94 bits per heavy atom. The average Bonchev–Trinajstić information content (AvgIpc) is 2.60. The molecule has 2 heterocycles. The molecule has 0 aromatic rings. The van der Waals surface area contributed by atoms with Crippen LogP contribution in [0.5, 0.6) is 0 Å². The number of Topliss-reactive ketones (excluding diaryl/α,β-unsaturated/α-hetero) is 1. The van der Waals surface area contributed by atoms with Crippen molar-refractivity contribution < 1.29 is 14.7 Å². The molecule has 2 saturated heterocycles. The minimum atomic E-state index is -0.550. The zero-order valence-electron chi connectivity index (χ0n) is 9.69. The number of aliphatic hydroxyl groups is 1. The first kappa shape index (κ1) is 11.6. The van der Waals surface area contributed by atoms with Gasteiger partial charge in [0.2, 0.25) is 5.91 Å². The maximum atomic E-state index is 12.0. The van der Waals surface area contributed by atoms with Gasteiger partial charge in [-0.3, -0.25) is 9.59 Å². The van der Waals surface area contributed by atoms with Crippen LogP contribution in [0.15, 0.2) is 0 Å². The maximum Gasteiger partial charge on any atom is 0.222 e. The number of piperidine rings is 1. The van der Waals surface area contributed by atoms with E-state index in [2.05, 4.69) is 0 Å². The molecule has 0 bridgehead atoms. The van der Waals surface area contributed by atoms with E-state index in [1.807, 2.05) is 6.92 Å². The standard InChI is InChI=1S/C12H19NO3/c1-2-3-9(14)12-8-4-5-11(16)13(8)7-6-10(12)15/h8,10,12,15H,2-7H2,1H3/t8-,10+,12+/m0/s1. The maximum absolute atomic E-state index is 12.0. The Morgan fingerprint density at radius 1 is 1.50 bits per heavy atom. The van der Waals surface area contributed by atoms with E-state index in [0.29, 0.717) is 25.8 Å². The van der Waals surface area contributed by atoms with E-state index in [4.69, 9.17) is 0 Å². The molecule has 1 N–H and O–H groups in total. The lowest BCUT2D eigenvalue weighted by Crippen LogP contribution is -2.52. The predicted octanol–water partition coefficient (Wildman–Crippen LogP) is 0.727. The summed E-state index contributed by atoms with van der Waals surface area (Å²) in [4.78, 5) is 25.3. The van der Waals surface area contributed by atoms with E-state index < -0.39 is 6.10 Å². The molecule has 0 unspecified atom stereocenters. The van der Waals surface area contributed by atoms with Gasteiger partial charge in [-0.2, -0.15) is 0 Å². The third-order valence-corrected chi connectivity index (χ3v) is 3.74. The summed E-state index contributed by atoms with van der Waals surface area (Å²) in [6.45, 7) is 2.57. The van der Waals surface area contributed by atoms with Crippen LogP contribution >= 0.6 is 0 Å². The molecule has 4 heteroatoms. The monoisotopic (exact) mass is 225 g/mol. The fourth-order valence-electron chi connectivity index (χ4n) is 2.97. The summed E-state index contributed by atoms with van der Waals surface area (Å²) >= 11 is 0. The van der Waals surface area contributed by atoms with E-state index >= 15 is 0 Å². The van der Waals surface area contributed by atoms with Gasteiger partial charge in [-0.25, -0.2) is 0 Å². The third kappa shape index (κ3) is 1.86. The highest BCUT2D eigenvalue weighted by Crippen LogP contribution is 2.33. The molecule has 90 valence electrons. The quantitative estimate of drug-likeness (QED) is 0.770. The smallest absolute Gasteiger partial charge is 0.222 e. The Morgan fingerprint density at radius 2 is 2.25 bits per heavy atom. The van der Waals surface area contributed by atoms with Crippen LogP contribution in [0.3, 0.4) is 0 Å². The molecule has 2 aliphatic heterocycles. The fourth-order valence-corrected chi connectivity index (χ4v) is 2.97. The highest BCUT2D eigenvalue weighted by Gasteiger charge is 2.45. The Balaban J connectivity index is 2.14. The topological polar surface area (TPSA) is 57.6 Å². The van der Waals surface area contributed by atoms with Crippen molar-refractivity contribution in [2.45, 2.75) is 51.2 Å². The molecule has 4 nitrogen and oxygen atoms in total. The van der Waals surface area contributed by atoms with Crippen LogP contribution in [-0.2, 0) is 9.59 Å². The van der Waals surface area contributed by atoms with Gasteiger partial charge in [0.1, 0.15) is 5.78 Å². The van der Waals surface area contributed by atoms with E-state index in [9.17, 15) is 14.7 Å². The summed E-state index contributed by atoms with van der Waals surface area (Å²) < 4.78 is 0. The lowest BCUT2D eigenvalue weighted by atomic mass is 9.82. The van der Waals surface area contributed by atoms with Gasteiger partial charge in [0.25, 0.3) is 0 Å². The van der Waals surface area contributed by atoms with Crippen molar-refractivity contribution in [2.24, 2.45) is 5.92 Å². The van der Waals surface area contributed by atoms with Crippen LogP contribution in [0.2, 0.25) is 0 Å². The lowest BCUT2D eigenvalue weighted by molar-refractivity contribution is -0.139. The number of nitrogens with zero attached hydrogens (tertiary/aromatic N) is 1. The normalized spacial score (nSPS) is 34.0. The molecule has 2 fully saturated rings. The molecule has 16 heavy (non-hydrogen) atoms. The molecule has 3 atom stereocenters. The van der Waals surface area contributed by atoms with Gasteiger partial charge < -0.3 is 10.0 Å². The molecule has 0 aromatic carbocycles. The van der Waals surface area contributed by atoms with Crippen molar-refractivity contribution in [1.82, 2.24) is 4.90 Å². The van der Waals surface area contributed by atoms with Gasteiger partial charge in [-0.05, 0) is 19.3 Å². The third-order valence-electron chi connectivity index (χ3n) is 3.74. The Kier molecular flexibility index (Phi) is 3.28. The summed E-state index contributed by atoms with van der Waals surface area (Å²) in [5, 5.41) is 9.94. The van der Waals surface area contributed by atoms with Crippen molar-refractivity contribution in [3.63, 3.8) is 0 Å². The van der Waals surface area contributed by atoms with Crippen LogP contribution < -0.4 is 0 Å². The van der Waals surface area contributed by atoms with Crippen LogP contribution in [0.25, 0.3) is 0 Å². The average molecular weight is 225 g/mol. The summed E-state index contributed by atoms with van der Waals surface area (Å²) in [5.74, 6) is -0.0641. The predicted molar refractivity (Wildman–Crippen MR) is 58.8 cm³/mol. The summed E-state index contributed by atoms with van der Waals surface area (Å²) in [7, 11) is 0. The largest absolute Gasteiger partial charge is 0.392 e. The van der Waals surface area contributed by atoms with E-state index in [1.54, 1.807) is 4.90 Å². The van der Waals surface area contributed by atoms with Gasteiger partial charge in [-0.15, -0.1) is 0 Å². The summed E-state index contributed by atoms with van der Waals surface area (Å²) in [6.07, 6.45) is 2.58. The van der Waals surface area contributed by atoms with Crippen LogP contribution in [0.1, 0.15) is 39.0 Å². The van der Waals surface area contributed by atoms with Gasteiger partial charge in [-0.1, -0.05) is 6.92 Å². The van der Waals surface area contributed by atoms with Crippen molar-refractivity contribution in [3.05, 3.63) is 0 Å². The second-order valence-electron chi connectivity index (χ2n) is 4.79. The molecule has 0 radical (unpaired) electrons. The van der Waals surface area contributed by atoms with Gasteiger partial charge in [0, 0.05) is 25.4 Å². The van der Waals surface area contributed by atoms with Crippen LogP contribution in [0, 0.1) is 5.92 Å². The minimum absolute atomic E-state index is 0.0321. The molecule has 2 aliphatic rings. The van der Waals surface area contributed by atoms with Crippen molar-refractivity contribution in [1.29, 1.82) is 0 Å². The SMILES string of the molecule is CCCC(=O)[C@@H]1[C@H](O)CCN2C(=O)CC[C@@H]12. The van der Waals surface area contributed by atoms with E-state index in [0.717, 1.165) is 12.8 Å². The Bertz CT molecular complexity index is 303. The van der Waals surface area contributed by atoms with E-state index in [-0.39, 0.29) is 23.7 Å². The number of aliphatic hydroxyl groups excluding tert-OH is 1. The number of hydrogen-bond acceptors (Lipinski definition) is 3. The number of fused-ring (bicyclic) bond motifs is 1. The van der Waals surface area contributed by atoms with Crippen molar-refractivity contribution in [3.8, 4) is 0 Å². The molecular formula is C12H19NO3. The zero-order valence-corrected chi connectivity index (χ0v) is 9.69. The Hall–Kier alpha value is -0.900. The number of rotatable bonds is 3. The van der Waals surface area contributed by atoms with Crippen molar-refractivity contribution >= 4 is 11.7 Å². The molecular weight excluding hydrogens is 206 g/mol. The van der Waals surface area contributed by atoms with Crippen LogP contribution in [0.4, 0.5) is 0 Å². The van der Waals surface area contributed by atoms with Crippen LogP contribution in [-0.4, -0.2) is 40.4 Å². The second-order valence-corrected chi connectivity index (χ2v) is 4.79. The number of carbonyl (C=O) groups is 2. The molecule has 2 rings (SSSR count). The van der Waals surface area contributed by atoms with Gasteiger partial charge in [0.05, 0.1) is 12.0 Å². The molecule has 0 aliphatic carbocycles. The number of ketones is 1. The summed E-state index contributed by atoms with van der Waals surface area (Å²) in [5.41, 5.74) is 0.